The van der Waals surface area contributed by atoms with Crippen molar-refractivity contribution in [2.24, 2.45) is 0 Å². The van der Waals surface area contributed by atoms with Gasteiger partial charge in [0.1, 0.15) is 18.5 Å². The Balaban J connectivity index is 1.83. The van der Waals surface area contributed by atoms with Gasteiger partial charge in [0.05, 0.1) is 0 Å². The highest BCUT2D eigenvalue weighted by Gasteiger charge is 2.33. The Hall–Kier alpha value is -1.10. The third kappa shape index (κ3) is 3.20. The van der Waals surface area contributed by atoms with Gasteiger partial charge in [-0.1, -0.05) is 0 Å². The fourth-order valence-corrected chi connectivity index (χ4v) is 2.20. The van der Waals surface area contributed by atoms with Crippen LogP contribution in [0.5, 0.6) is 5.88 Å². The lowest BCUT2D eigenvalue weighted by atomic mass is 10.3. The molecule has 0 aliphatic heterocycles. The van der Waals surface area contributed by atoms with Gasteiger partial charge in [-0.2, -0.15) is 0 Å². The van der Waals surface area contributed by atoms with Crippen LogP contribution in [0.15, 0.2) is 18.6 Å². The second-order valence-corrected chi connectivity index (χ2v) is 4.25. The van der Waals surface area contributed by atoms with E-state index in [9.17, 15) is 4.57 Å². The summed E-state index contributed by atoms with van der Waals surface area (Å²) < 4.78 is 20.9. The van der Waals surface area contributed by atoms with Gasteiger partial charge in [-0.15, -0.1) is 9.42 Å². The number of nitrogens with zero attached hydrogens (tertiary/aromatic N) is 2. The predicted molar refractivity (Wildman–Crippen MR) is 55.0 cm³/mol. The first-order valence-electron chi connectivity index (χ1n) is 4.99. The summed E-state index contributed by atoms with van der Waals surface area (Å²) in [6, 6.07) is 1.68. The Morgan fingerprint density at radius 2 is 2.25 bits per heavy atom. The number of ether oxygens (including phenoxy) is 1. The molecule has 1 saturated carbocycles. The molecule has 7 heteroatoms. The molecular weight excluding hydrogens is 231 g/mol. The zero-order valence-corrected chi connectivity index (χ0v) is 9.42. The summed E-state index contributed by atoms with van der Waals surface area (Å²) in [6.45, 7) is 0. The Labute approximate surface area is 93.6 Å². The van der Waals surface area contributed by atoms with E-state index in [-0.39, 0.29) is 12.2 Å². The van der Waals surface area contributed by atoms with Crippen molar-refractivity contribution < 1.29 is 18.7 Å². The molecule has 16 heavy (non-hydrogen) atoms. The lowest BCUT2D eigenvalue weighted by Crippen LogP contribution is -2.14. The van der Waals surface area contributed by atoms with Crippen LogP contribution in [-0.2, 0) is 9.09 Å². The first kappa shape index (κ1) is 11.4. The lowest BCUT2D eigenvalue weighted by Gasteiger charge is -2.10. The van der Waals surface area contributed by atoms with Gasteiger partial charge in [0.2, 0.25) is 5.88 Å². The van der Waals surface area contributed by atoms with Gasteiger partial charge >= 0.3 is 8.25 Å². The average Bonchev–Trinajstić information content (AvgIpc) is 2.66. The highest BCUT2D eigenvalue weighted by molar-refractivity contribution is 7.32. The fourth-order valence-electron chi connectivity index (χ4n) is 1.75. The number of hydrogen-bond donors (Lipinski definition) is 1. The molecular formula is C9H12N2O4P+. The van der Waals surface area contributed by atoms with Crippen molar-refractivity contribution in [1.29, 1.82) is 0 Å². The van der Waals surface area contributed by atoms with Crippen molar-refractivity contribution in [3.8, 4) is 5.88 Å². The molecule has 0 saturated heterocycles. The van der Waals surface area contributed by atoms with E-state index in [2.05, 4.69) is 9.97 Å². The van der Waals surface area contributed by atoms with Gasteiger partial charge in [-0.25, -0.2) is 9.97 Å². The van der Waals surface area contributed by atoms with Gasteiger partial charge < -0.3 is 4.74 Å². The third-order valence-corrected chi connectivity index (χ3v) is 2.90. The molecule has 0 amide bonds. The standard InChI is InChI=1S/C9H11N2O4P/c12-16(13)15-8-2-1-7(5-8)14-9-3-4-10-6-11-9/h3-4,6-8H,1-2,5H2/p+1. The van der Waals surface area contributed by atoms with Crippen LogP contribution < -0.4 is 4.74 Å². The van der Waals surface area contributed by atoms with Crippen molar-refractivity contribution in [3.63, 3.8) is 0 Å². The first-order valence-corrected chi connectivity index (χ1v) is 6.12. The molecule has 0 radical (unpaired) electrons. The molecule has 0 aromatic carbocycles. The highest BCUT2D eigenvalue weighted by atomic mass is 31.1. The maximum absolute atomic E-state index is 10.5. The number of rotatable bonds is 4. The van der Waals surface area contributed by atoms with E-state index < -0.39 is 8.25 Å². The summed E-state index contributed by atoms with van der Waals surface area (Å²) in [5, 5.41) is 0. The molecule has 1 aromatic heterocycles. The Bertz CT molecular complexity index is 362. The zero-order valence-electron chi connectivity index (χ0n) is 8.52. The van der Waals surface area contributed by atoms with E-state index in [1.807, 2.05) is 0 Å². The van der Waals surface area contributed by atoms with Crippen molar-refractivity contribution in [2.45, 2.75) is 31.5 Å². The first-order chi connectivity index (χ1) is 7.74. The quantitative estimate of drug-likeness (QED) is 0.806. The van der Waals surface area contributed by atoms with E-state index in [4.69, 9.17) is 14.2 Å². The van der Waals surface area contributed by atoms with Gasteiger partial charge in [0.25, 0.3) is 0 Å². The number of aromatic nitrogens is 2. The van der Waals surface area contributed by atoms with Crippen LogP contribution in [0.2, 0.25) is 0 Å². The molecule has 86 valence electrons. The minimum Gasteiger partial charge on any atom is -0.474 e. The highest BCUT2D eigenvalue weighted by Crippen LogP contribution is 2.31. The molecule has 1 heterocycles. The van der Waals surface area contributed by atoms with Gasteiger partial charge in [-0.05, 0) is 12.8 Å². The summed E-state index contributed by atoms with van der Waals surface area (Å²) in [5.74, 6) is 0.522. The van der Waals surface area contributed by atoms with Crippen LogP contribution in [0.25, 0.3) is 0 Å². The minimum absolute atomic E-state index is 0.00477. The van der Waals surface area contributed by atoms with E-state index >= 15 is 0 Å². The van der Waals surface area contributed by atoms with Crippen LogP contribution in [-0.4, -0.2) is 27.1 Å². The summed E-state index contributed by atoms with van der Waals surface area (Å²) in [7, 11) is -2.52. The zero-order chi connectivity index (χ0) is 11.4. The smallest absolute Gasteiger partial charge is 0.474 e. The normalized spacial score (nSPS) is 25.4. The van der Waals surface area contributed by atoms with Crippen molar-refractivity contribution >= 4 is 8.25 Å². The minimum atomic E-state index is -2.52. The Morgan fingerprint density at radius 3 is 2.94 bits per heavy atom. The van der Waals surface area contributed by atoms with Crippen LogP contribution in [0.1, 0.15) is 19.3 Å². The van der Waals surface area contributed by atoms with Gasteiger partial charge in [-0.3, -0.25) is 0 Å². The SMILES string of the molecule is O=[P+](O)OC1CCC(Oc2ccncn2)C1. The fraction of sp³-hybridized carbons (Fsp3) is 0.556. The van der Waals surface area contributed by atoms with Crippen molar-refractivity contribution in [1.82, 2.24) is 9.97 Å². The van der Waals surface area contributed by atoms with Crippen LogP contribution in [0.4, 0.5) is 0 Å². The molecule has 1 aliphatic rings. The second kappa shape index (κ2) is 5.30. The lowest BCUT2D eigenvalue weighted by molar-refractivity contribution is 0.157. The molecule has 1 N–H and O–H groups in total. The number of hydrogen-bond acceptors (Lipinski definition) is 5. The maximum atomic E-state index is 10.5. The van der Waals surface area contributed by atoms with Crippen LogP contribution in [0, 0.1) is 0 Å². The average molecular weight is 243 g/mol. The summed E-state index contributed by atoms with van der Waals surface area (Å²) in [6.07, 6.45) is 4.98. The molecule has 3 unspecified atom stereocenters. The monoisotopic (exact) mass is 243 g/mol. The van der Waals surface area contributed by atoms with Crippen molar-refractivity contribution in [2.75, 3.05) is 0 Å². The maximum Gasteiger partial charge on any atom is 0.694 e. The van der Waals surface area contributed by atoms with Crippen LogP contribution >= 0.6 is 8.25 Å². The summed E-state index contributed by atoms with van der Waals surface area (Å²) >= 11 is 0. The Morgan fingerprint density at radius 1 is 1.44 bits per heavy atom. The van der Waals surface area contributed by atoms with E-state index in [0.717, 1.165) is 12.8 Å². The van der Waals surface area contributed by atoms with E-state index in [0.29, 0.717) is 12.3 Å². The molecule has 3 atom stereocenters. The molecule has 0 bridgehead atoms. The molecule has 6 nitrogen and oxygen atoms in total. The second-order valence-electron chi connectivity index (χ2n) is 3.57. The Kier molecular flexibility index (Phi) is 3.77. The summed E-state index contributed by atoms with van der Waals surface area (Å²) in [4.78, 5) is 16.3. The molecule has 0 spiro atoms. The van der Waals surface area contributed by atoms with Crippen LogP contribution in [0.3, 0.4) is 0 Å². The third-order valence-electron chi connectivity index (χ3n) is 2.42. The largest absolute Gasteiger partial charge is 0.694 e. The molecule has 2 rings (SSSR count). The van der Waals surface area contributed by atoms with E-state index in [1.165, 1.54) is 6.33 Å². The topological polar surface area (TPSA) is 81.5 Å². The predicted octanol–water partition coefficient (Wildman–Crippen LogP) is 1.44. The van der Waals surface area contributed by atoms with Gasteiger partial charge in [0.15, 0.2) is 0 Å². The van der Waals surface area contributed by atoms with E-state index in [1.54, 1.807) is 12.3 Å². The van der Waals surface area contributed by atoms with Gasteiger partial charge in [0, 0.05) is 23.2 Å². The summed E-state index contributed by atoms with van der Waals surface area (Å²) in [5.41, 5.74) is 0. The molecule has 1 aromatic rings. The molecule has 1 aliphatic carbocycles. The van der Waals surface area contributed by atoms with Crippen molar-refractivity contribution in [3.05, 3.63) is 18.6 Å². The molecule has 1 fully saturated rings.